The molecule has 0 aliphatic heterocycles. The average molecular weight is 485 g/mol. The van der Waals surface area contributed by atoms with Gasteiger partial charge in [0.25, 0.3) is 5.91 Å². The van der Waals surface area contributed by atoms with Gasteiger partial charge in [0.05, 0.1) is 15.6 Å². The molecular formula is C21H25ClN2O7S. The molecular weight excluding hydrogens is 460 g/mol. The van der Waals surface area contributed by atoms with Crippen molar-refractivity contribution in [3.8, 4) is 11.5 Å². The Balaban J connectivity index is 2.20. The number of aryl methyl sites for hydroxylation is 1. The van der Waals surface area contributed by atoms with E-state index >= 15 is 0 Å². The minimum atomic E-state index is -3.78. The first-order valence-corrected chi connectivity index (χ1v) is 11.6. The topological polar surface area (TPSA) is 133 Å². The van der Waals surface area contributed by atoms with Gasteiger partial charge >= 0.3 is 5.97 Å². The zero-order valence-corrected chi connectivity index (χ0v) is 19.6. The number of phenolic OH excluding ortho intramolecular Hbond substituents is 2. The number of esters is 1. The van der Waals surface area contributed by atoms with Crippen LogP contribution in [-0.4, -0.2) is 54.0 Å². The van der Waals surface area contributed by atoms with E-state index in [1.807, 2.05) is 0 Å². The maximum absolute atomic E-state index is 12.7. The van der Waals surface area contributed by atoms with Crippen molar-refractivity contribution < 1.29 is 33.0 Å². The van der Waals surface area contributed by atoms with Crippen LogP contribution < -0.4 is 5.32 Å². The van der Waals surface area contributed by atoms with Crippen LogP contribution in [0.2, 0.25) is 5.02 Å². The molecule has 32 heavy (non-hydrogen) atoms. The molecule has 2 rings (SSSR count). The van der Waals surface area contributed by atoms with E-state index in [1.165, 1.54) is 41.6 Å². The molecule has 0 saturated carbocycles. The second-order valence-electron chi connectivity index (χ2n) is 6.90. The van der Waals surface area contributed by atoms with Crippen molar-refractivity contribution in [3.05, 3.63) is 46.5 Å². The van der Waals surface area contributed by atoms with Gasteiger partial charge in [-0.25, -0.2) is 13.2 Å². The summed E-state index contributed by atoms with van der Waals surface area (Å²) in [6.07, 6.45) is -1.32. The molecule has 0 radical (unpaired) electrons. The van der Waals surface area contributed by atoms with Gasteiger partial charge in [-0.05, 0) is 43.7 Å². The smallest absolute Gasteiger partial charge is 0.342 e. The van der Waals surface area contributed by atoms with Crippen LogP contribution in [0.25, 0.3) is 0 Å². The normalized spacial score (nSPS) is 12.4. The van der Waals surface area contributed by atoms with Crippen LogP contribution in [0, 0.1) is 6.92 Å². The van der Waals surface area contributed by atoms with Gasteiger partial charge in [0.15, 0.2) is 17.6 Å². The van der Waals surface area contributed by atoms with E-state index < -0.39 is 39.5 Å². The van der Waals surface area contributed by atoms with E-state index in [-0.39, 0.29) is 34.3 Å². The highest BCUT2D eigenvalue weighted by atomic mass is 35.5. The highest BCUT2D eigenvalue weighted by Gasteiger charge is 2.25. The minimum Gasteiger partial charge on any atom is -0.504 e. The Hall–Kier alpha value is -2.82. The number of sulfonamides is 1. The summed E-state index contributed by atoms with van der Waals surface area (Å²) in [7, 11) is -3.78. The molecule has 1 atom stereocenters. The van der Waals surface area contributed by atoms with Crippen molar-refractivity contribution in [2.24, 2.45) is 0 Å². The summed E-state index contributed by atoms with van der Waals surface area (Å²) >= 11 is 6.11. The second kappa shape index (κ2) is 10.2. The van der Waals surface area contributed by atoms with Gasteiger partial charge in [-0.3, -0.25) is 4.79 Å². The van der Waals surface area contributed by atoms with Gasteiger partial charge in [0.1, 0.15) is 5.56 Å². The maximum atomic E-state index is 12.7. The van der Waals surface area contributed by atoms with Crippen molar-refractivity contribution in [1.29, 1.82) is 0 Å². The molecule has 11 heteroatoms. The number of ether oxygens (including phenoxy) is 1. The van der Waals surface area contributed by atoms with Gasteiger partial charge in [-0.15, -0.1) is 0 Å². The molecule has 0 saturated heterocycles. The van der Waals surface area contributed by atoms with E-state index in [2.05, 4.69) is 5.32 Å². The number of benzene rings is 2. The number of phenols is 2. The van der Waals surface area contributed by atoms with Crippen molar-refractivity contribution in [2.45, 2.75) is 38.7 Å². The summed E-state index contributed by atoms with van der Waals surface area (Å²) in [5.41, 5.74) is 0.0840. The van der Waals surface area contributed by atoms with Crippen molar-refractivity contribution in [2.75, 3.05) is 18.4 Å². The Morgan fingerprint density at radius 1 is 1.12 bits per heavy atom. The van der Waals surface area contributed by atoms with Crippen LogP contribution in [0.4, 0.5) is 5.69 Å². The monoisotopic (exact) mass is 484 g/mol. The van der Waals surface area contributed by atoms with Gasteiger partial charge in [0, 0.05) is 13.1 Å². The third kappa shape index (κ3) is 5.32. The fraction of sp³-hybridized carbons (Fsp3) is 0.333. The van der Waals surface area contributed by atoms with Crippen LogP contribution in [0.15, 0.2) is 35.2 Å². The standard InChI is InChI=1S/C21H25ClN2O7S/c1-5-24(6-2)32(29,30)14-8-10-16(22)17(11-14)23-20(27)13(4)31-21(28)15-9-7-12(3)18(25)19(15)26/h7-11,13,25-26H,5-6H2,1-4H3,(H,23,27). The number of nitrogens with one attached hydrogen (secondary N) is 1. The lowest BCUT2D eigenvalue weighted by molar-refractivity contribution is -0.123. The first-order valence-electron chi connectivity index (χ1n) is 9.77. The second-order valence-corrected chi connectivity index (χ2v) is 9.24. The van der Waals surface area contributed by atoms with Crippen LogP contribution in [0.5, 0.6) is 11.5 Å². The molecule has 0 fully saturated rings. The van der Waals surface area contributed by atoms with Gasteiger partial charge in [-0.2, -0.15) is 4.31 Å². The van der Waals surface area contributed by atoms with E-state index in [0.29, 0.717) is 5.56 Å². The van der Waals surface area contributed by atoms with E-state index in [0.717, 1.165) is 0 Å². The number of aromatic hydroxyl groups is 2. The third-order valence-corrected chi connectivity index (χ3v) is 7.14. The number of rotatable bonds is 8. The Morgan fingerprint density at radius 2 is 1.75 bits per heavy atom. The fourth-order valence-corrected chi connectivity index (χ4v) is 4.48. The third-order valence-electron chi connectivity index (χ3n) is 4.76. The Bertz CT molecular complexity index is 1130. The summed E-state index contributed by atoms with van der Waals surface area (Å²) in [5.74, 6) is -2.91. The predicted molar refractivity (Wildman–Crippen MR) is 120 cm³/mol. The summed E-state index contributed by atoms with van der Waals surface area (Å²) in [5, 5.41) is 22.2. The van der Waals surface area contributed by atoms with Crippen LogP contribution >= 0.6 is 11.6 Å². The Labute approximate surface area is 191 Å². The molecule has 9 nitrogen and oxygen atoms in total. The lowest BCUT2D eigenvalue weighted by atomic mass is 10.1. The summed E-state index contributed by atoms with van der Waals surface area (Å²) in [6, 6.07) is 6.58. The minimum absolute atomic E-state index is 0.0311. The molecule has 0 aliphatic rings. The molecule has 0 aliphatic carbocycles. The summed E-state index contributed by atoms with van der Waals surface area (Å²) in [6.45, 7) is 6.80. The lowest BCUT2D eigenvalue weighted by Gasteiger charge is -2.19. The number of halogens is 1. The molecule has 1 unspecified atom stereocenters. The largest absolute Gasteiger partial charge is 0.504 e. The highest BCUT2D eigenvalue weighted by molar-refractivity contribution is 7.89. The van der Waals surface area contributed by atoms with Gasteiger partial charge in [-0.1, -0.05) is 31.5 Å². The first-order chi connectivity index (χ1) is 14.9. The maximum Gasteiger partial charge on any atom is 0.342 e. The number of anilines is 1. The number of carbonyl (C=O) groups is 2. The van der Waals surface area contributed by atoms with Crippen LogP contribution in [0.1, 0.15) is 36.7 Å². The van der Waals surface area contributed by atoms with Gasteiger partial charge < -0.3 is 20.3 Å². The van der Waals surface area contributed by atoms with Crippen molar-refractivity contribution in [1.82, 2.24) is 4.31 Å². The molecule has 3 N–H and O–H groups in total. The molecule has 2 aromatic rings. The van der Waals surface area contributed by atoms with Crippen LogP contribution in [0.3, 0.4) is 0 Å². The van der Waals surface area contributed by atoms with E-state index in [4.69, 9.17) is 16.3 Å². The number of nitrogens with zero attached hydrogens (tertiary/aromatic N) is 1. The predicted octanol–water partition coefficient (Wildman–Crippen LogP) is 3.27. The summed E-state index contributed by atoms with van der Waals surface area (Å²) < 4.78 is 31.8. The molecule has 174 valence electrons. The molecule has 0 bridgehead atoms. The van der Waals surface area contributed by atoms with Gasteiger partial charge in [0.2, 0.25) is 10.0 Å². The van der Waals surface area contributed by atoms with E-state index in [9.17, 15) is 28.2 Å². The quantitative estimate of drug-likeness (QED) is 0.386. The number of carbonyl (C=O) groups excluding carboxylic acids is 2. The molecule has 2 aromatic carbocycles. The van der Waals surface area contributed by atoms with E-state index in [1.54, 1.807) is 20.8 Å². The molecule has 1 amide bonds. The molecule has 0 heterocycles. The zero-order chi connectivity index (χ0) is 24.2. The first kappa shape index (κ1) is 25.4. The van der Waals surface area contributed by atoms with Crippen molar-refractivity contribution >= 4 is 39.2 Å². The number of amides is 1. The molecule has 0 spiro atoms. The molecule has 0 aromatic heterocycles. The average Bonchev–Trinajstić information content (AvgIpc) is 2.73. The van der Waals surface area contributed by atoms with Crippen LogP contribution in [-0.2, 0) is 19.6 Å². The number of hydrogen-bond donors (Lipinski definition) is 3. The highest BCUT2D eigenvalue weighted by Crippen LogP contribution is 2.33. The Morgan fingerprint density at radius 3 is 2.34 bits per heavy atom. The number of hydrogen-bond acceptors (Lipinski definition) is 7. The SMILES string of the molecule is CCN(CC)S(=O)(=O)c1ccc(Cl)c(NC(=O)C(C)OC(=O)c2ccc(C)c(O)c2O)c1. The summed E-state index contributed by atoms with van der Waals surface area (Å²) in [4.78, 5) is 24.8. The van der Waals surface area contributed by atoms with Crippen molar-refractivity contribution in [3.63, 3.8) is 0 Å². The zero-order valence-electron chi connectivity index (χ0n) is 18.0. The fourth-order valence-electron chi connectivity index (χ4n) is 2.83. The lowest BCUT2D eigenvalue weighted by Crippen LogP contribution is -2.31. The Kier molecular flexibility index (Phi) is 8.11.